The number of hydrogen-bond donors (Lipinski definition) is 1. The van der Waals surface area contributed by atoms with Crippen LogP contribution in [-0.4, -0.2) is 40.1 Å². The van der Waals surface area contributed by atoms with Crippen LogP contribution in [0.5, 0.6) is 0 Å². The number of carbonyl (C=O) groups is 1. The summed E-state index contributed by atoms with van der Waals surface area (Å²) < 4.78 is 42.7. The SMILES string of the molecule is Cc1c(-c2nn(Cc3ccccc3)c(=O)c3ccccc23)c2cc(F)cc(S(C)(=O)=O)c2n1CC(=O)O. The molecule has 3 aromatic carbocycles. The van der Waals surface area contributed by atoms with Gasteiger partial charge in [0.2, 0.25) is 0 Å². The normalized spacial score (nSPS) is 11.9. The van der Waals surface area contributed by atoms with Crippen LogP contribution in [0.4, 0.5) is 4.39 Å². The van der Waals surface area contributed by atoms with E-state index in [1.807, 2.05) is 30.3 Å². The summed E-state index contributed by atoms with van der Waals surface area (Å²) >= 11 is 0. The van der Waals surface area contributed by atoms with E-state index in [2.05, 4.69) is 5.10 Å². The van der Waals surface area contributed by atoms with Gasteiger partial charge >= 0.3 is 5.97 Å². The molecule has 2 aromatic heterocycles. The number of halogens is 1. The number of carboxylic acids is 1. The zero-order chi connectivity index (χ0) is 26.5. The highest BCUT2D eigenvalue weighted by Gasteiger charge is 2.27. The first-order valence-electron chi connectivity index (χ1n) is 11.3. The van der Waals surface area contributed by atoms with E-state index < -0.39 is 28.2 Å². The largest absolute Gasteiger partial charge is 0.480 e. The average molecular weight is 520 g/mol. The smallest absolute Gasteiger partial charge is 0.323 e. The number of aromatic nitrogens is 3. The molecule has 188 valence electrons. The molecule has 0 aliphatic carbocycles. The van der Waals surface area contributed by atoms with Gasteiger partial charge in [-0.1, -0.05) is 48.5 Å². The molecular formula is C27H22FN3O5S. The van der Waals surface area contributed by atoms with Gasteiger partial charge in [-0.15, -0.1) is 0 Å². The van der Waals surface area contributed by atoms with Gasteiger partial charge in [-0.25, -0.2) is 17.5 Å². The first-order valence-corrected chi connectivity index (χ1v) is 13.2. The molecule has 5 rings (SSSR count). The molecule has 37 heavy (non-hydrogen) atoms. The molecule has 0 unspecified atom stereocenters. The highest BCUT2D eigenvalue weighted by atomic mass is 32.2. The van der Waals surface area contributed by atoms with Crippen molar-refractivity contribution in [3.05, 3.63) is 94.2 Å². The fourth-order valence-corrected chi connectivity index (χ4v) is 5.64. The number of carboxylic acid groups (broad SMARTS) is 1. The van der Waals surface area contributed by atoms with E-state index in [4.69, 9.17) is 0 Å². The summed E-state index contributed by atoms with van der Waals surface area (Å²) in [6.07, 6.45) is 0.946. The predicted octanol–water partition coefficient (Wildman–Crippen LogP) is 4.00. The number of nitrogens with zero attached hydrogens (tertiary/aromatic N) is 3. The maximum atomic E-state index is 14.8. The number of aliphatic carboxylic acids is 1. The molecule has 2 heterocycles. The number of hydrogen-bond acceptors (Lipinski definition) is 5. The van der Waals surface area contributed by atoms with Gasteiger partial charge in [-0.05, 0) is 30.7 Å². The lowest BCUT2D eigenvalue weighted by molar-refractivity contribution is -0.137. The summed E-state index contributed by atoms with van der Waals surface area (Å²) in [6.45, 7) is 1.26. The lowest BCUT2D eigenvalue weighted by atomic mass is 10.0. The topological polar surface area (TPSA) is 111 Å². The molecule has 0 bridgehead atoms. The fourth-order valence-electron chi connectivity index (χ4n) is 4.74. The number of fused-ring (bicyclic) bond motifs is 2. The van der Waals surface area contributed by atoms with E-state index in [1.54, 1.807) is 31.2 Å². The van der Waals surface area contributed by atoms with Crippen LogP contribution in [0.25, 0.3) is 32.9 Å². The number of sulfone groups is 1. The minimum atomic E-state index is -3.92. The van der Waals surface area contributed by atoms with Crippen molar-refractivity contribution in [1.29, 1.82) is 0 Å². The van der Waals surface area contributed by atoms with Crippen LogP contribution in [0.3, 0.4) is 0 Å². The van der Waals surface area contributed by atoms with Gasteiger partial charge in [0.15, 0.2) is 9.84 Å². The highest BCUT2D eigenvalue weighted by Crippen LogP contribution is 2.39. The zero-order valence-electron chi connectivity index (χ0n) is 20.0. The molecule has 0 aliphatic rings. The Kier molecular flexibility index (Phi) is 5.91. The van der Waals surface area contributed by atoms with Crippen molar-refractivity contribution in [2.75, 3.05) is 6.26 Å². The van der Waals surface area contributed by atoms with E-state index in [0.717, 1.165) is 17.9 Å². The molecule has 0 amide bonds. The molecule has 0 spiro atoms. The molecule has 1 N–H and O–H groups in total. The standard InChI is InChI=1S/C27H22FN3O5S/c1-16-24(21-12-18(28)13-22(37(2,35)36)26(21)30(16)15-23(32)33)25-19-10-6-7-11-20(19)27(34)31(29-25)14-17-8-4-3-5-9-17/h3-13H,14-15H2,1-2H3,(H,32,33). The van der Waals surface area contributed by atoms with E-state index in [9.17, 15) is 27.5 Å². The summed E-state index contributed by atoms with van der Waals surface area (Å²) in [5.74, 6) is -1.98. The summed E-state index contributed by atoms with van der Waals surface area (Å²) in [5, 5.41) is 15.3. The predicted molar refractivity (Wildman–Crippen MR) is 138 cm³/mol. The van der Waals surface area contributed by atoms with Crippen molar-refractivity contribution < 1.29 is 22.7 Å². The lowest BCUT2D eigenvalue weighted by Gasteiger charge is -2.12. The number of benzene rings is 3. The molecule has 0 aliphatic heterocycles. The summed E-state index contributed by atoms with van der Waals surface area (Å²) in [5.41, 5.74) is 1.66. The van der Waals surface area contributed by atoms with Crippen LogP contribution in [-0.2, 0) is 27.7 Å². The maximum Gasteiger partial charge on any atom is 0.323 e. The molecule has 0 saturated heterocycles. The minimum absolute atomic E-state index is 0.0745. The van der Waals surface area contributed by atoms with Gasteiger partial charge in [0.25, 0.3) is 5.56 Å². The van der Waals surface area contributed by atoms with Crippen molar-refractivity contribution in [3.63, 3.8) is 0 Å². The van der Waals surface area contributed by atoms with Gasteiger partial charge in [0, 0.05) is 28.3 Å². The molecule has 0 radical (unpaired) electrons. The molecular weight excluding hydrogens is 497 g/mol. The number of rotatable bonds is 6. The molecule has 0 fully saturated rings. The van der Waals surface area contributed by atoms with Gasteiger partial charge in [0.05, 0.1) is 22.3 Å². The first-order chi connectivity index (χ1) is 17.6. The molecule has 0 atom stereocenters. The Bertz CT molecular complexity index is 1880. The Morgan fingerprint density at radius 2 is 1.65 bits per heavy atom. The van der Waals surface area contributed by atoms with Crippen molar-refractivity contribution in [3.8, 4) is 11.3 Å². The lowest BCUT2D eigenvalue weighted by Crippen LogP contribution is -2.24. The maximum absolute atomic E-state index is 14.8. The Morgan fingerprint density at radius 1 is 1.00 bits per heavy atom. The van der Waals surface area contributed by atoms with Gasteiger partial charge in [-0.3, -0.25) is 9.59 Å². The van der Waals surface area contributed by atoms with Crippen LogP contribution in [0.1, 0.15) is 11.3 Å². The van der Waals surface area contributed by atoms with Crippen LogP contribution < -0.4 is 5.56 Å². The second-order valence-electron chi connectivity index (χ2n) is 8.86. The minimum Gasteiger partial charge on any atom is -0.480 e. The Labute approximate surface area is 211 Å². The third-order valence-corrected chi connectivity index (χ3v) is 7.43. The van der Waals surface area contributed by atoms with Crippen LogP contribution in [0.2, 0.25) is 0 Å². The van der Waals surface area contributed by atoms with Crippen molar-refractivity contribution in [2.24, 2.45) is 0 Å². The van der Waals surface area contributed by atoms with E-state index in [-0.39, 0.29) is 27.9 Å². The van der Waals surface area contributed by atoms with Crippen LogP contribution in [0.15, 0.2) is 76.4 Å². The fraction of sp³-hybridized carbons (Fsp3) is 0.148. The molecule has 0 saturated carbocycles. The van der Waals surface area contributed by atoms with Crippen LogP contribution in [0, 0.1) is 12.7 Å². The summed E-state index contributed by atoms with van der Waals surface area (Å²) in [4.78, 5) is 24.8. The monoisotopic (exact) mass is 519 g/mol. The molecule has 10 heteroatoms. The van der Waals surface area contributed by atoms with Crippen molar-refractivity contribution in [1.82, 2.24) is 14.3 Å². The van der Waals surface area contributed by atoms with Gasteiger partial charge in [0.1, 0.15) is 18.1 Å². The first kappa shape index (κ1) is 24.4. The van der Waals surface area contributed by atoms with Crippen LogP contribution >= 0.6 is 0 Å². The third kappa shape index (κ3) is 4.29. The molecule has 8 nitrogen and oxygen atoms in total. The summed E-state index contributed by atoms with van der Waals surface area (Å²) in [7, 11) is -3.92. The second kappa shape index (κ2) is 8.97. The summed E-state index contributed by atoms with van der Waals surface area (Å²) in [6, 6.07) is 18.2. The zero-order valence-corrected chi connectivity index (χ0v) is 20.8. The average Bonchev–Trinajstić information content (AvgIpc) is 3.10. The quantitative estimate of drug-likeness (QED) is 0.363. The van der Waals surface area contributed by atoms with Gasteiger partial charge in [-0.2, -0.15) is 5.10 Å². The van der Waals surface area contributed by atoms with E-state index in [1.165, 1.54) is 15.3 Å². The highest BCUT2D eigenvalue weighted by molar-refractivity contribution is 7.91. The second-order valence-corrected chi connectivity index (χ2v) is 10.8. The van der Waals surface area contributed by atoms with E-state index in [0.29, 0.717) is 27.7 Å². The van der Waals surface area contributed by atoms with Gasteiger partial charge < -0.3 is 9.67 Å². The Morgan fingerprint density at radius 3 is 2.30 bits per heavy atom. The third-order valence-electron chi connectivity index (χ3n) is 6.32. The van der Waals surface area contributed by atoms with Crippen molar-refractivity contribution >= 4 is 37.5 Å². The Hall–Kier alpha value is -4.31. The van der Waals surface area contributed by atoms with Crippen molar-refractivity contribution in [2.45, 2.75) is 24.9 Å². The Balaban J connectivity index is 1.92. The molecule has 5 aromatic rings. The van der Waals surface area contributed by atoms with E-state index >= 15 is 0 Å².